The quantitative estimate of drug-likeness (QED) is 0.825. The molecule has 1 N–H and O–H groups in total. The number of fused-ring (bicyclic) bond motifs is 2. The number of rotatable bonds is 1. The lowest BCUT2D eigenvalue weighted by Crippen LogP contribution is -2.48. The maximum Gasteiger partial charge on any atom is 0.128 e. The minimum atomic E-state index is -0.614. The van der Waals surface area contributed by atoms with E-state index >= 15 is 0 Å². The molecule has 4 rings (SSSR count). The lowest BCUT2D eigenvalue weighted by atomic mass is 9.93. The van der Waals surface area contributed by atoms with E-state index in [1.165, 1.54) is 6.07 Å². The third-order valence-electron chi connectivity index (χ3n) is 4.81. The molecule has 120 valence electrons. The normalized spacial score (nSPS) is 23.8. The molecule has 2 aliphatic rings. The average molecular weight is 378 g/mol. The Morgan fingerprint density at radius 1 is 1.17 bits per heavy atom. The van der Waals surface area contributed by atoms with Gasteiger partial charge in [0.05, 0.1) is 6.04 Å². The van der Waals surface area contributed by atoms with Crippen molar-refractivity contribution >= 4 is 15.9 Å². The van der Waals surface area contributed by atoms with Gasteiger partial charge in [-0.15, -0.1) is 0 Å². The summed E-state index contributed by atoms with van der Waals surface area (Å²) < 4.78 is 20.9. The molecule has 23 heavy (non-hydrogen) atoms. The Balaban J connectivity index is 1.62. The summed E-state index contributed by atoms with van der Waals surface area (Å²) in [5.74, 6) is 0.558. The highest BCUT2D eigenvalue weighted by molar-refractivity contribution is 9.10. The molecule has 0 unspecified atom stereocenters. The molecule has 0 bridgehead atoms. The number of nitrogens with zero attached hydrogens (tertiary/aromatic N) is 1. The molecule has 3 nitrogen and oxygen atoms in total. The number of aliphatic hydroxyl groups excluding tert-OH is 1. The van der Waals surface area contributed by atoms with Crippen LogP contribution < -0.4 is 4.74 Å². The van der Waals surface area contributed by atoms with Gasteiger partial charge in [0, 0.05) is 28.7 Å². The standard InChI is InChI=1S/C18H17BrFNO2/c19-14-5-6-15(20)13-9-21(8-7-11(13)14)16-10-23-17-4-2-1-3-12(17)18(16)22/h1-6,16,18,22H,7-10H2/t16-,18-/m0/s1. The van der Waals surface area contributed by atoms with E-state index in [2.05, 4.69) is 20.8 Å². The van der Waals surface area contributed by atoms with Crippen molar-refractivity contribution in [3.05, 3.63) is 63.4 Å². The van der Waals surface area contributed by atoms with E-state index < -0.39 is 6.10 Å². The van der Waals surface area contributed by atoms with E-state index in [1.807, 2.05) is 24.3 Å². The Bertz CT molecular complexity index is 752. The summed E-state index contributed by atoms with van der Waals surface area (Å²) in [6.07, 6.45) is 0.148. The fraction of sp³-hybridized carbons (Fsp3) is 0.333. The van der Waals surface area contributed by atoms with Crippen LogP contribution in [0.25, 0.3) is 0 Å². The van der Waals surface area contributed by atoms with Crippen molar-refractivity contribution in [2.24, 2.45) is 0 Å². The van der Waals surface area contributed by atoms with E-state index in [-0.39, 0.29) is 11.9 Å². The van der Waals surface area contributed by atoms with E-state index in [9.17, 15) is 9.50 Å². The fourth-order valence-electron chi connectivity index (χ4n) is 3.53. The van der Waals surface area contributed by atoms with Crippen molar-refractivity contribution < 1.29 is 14.2 Å². The zero-order valence-electron chi connectivity index (χ0n) is 12.5. The highest BCUT2D eigenvalue weighted by Crippen LogP contribution is 2.37. The molecule has 2 aliphatic heterocycles. The van der Waals surface area contributed by atoms with E-state index in [0.29, 0.717) is 13.2 Å². The molecule has 0 saturated carbocycles. The van der Waals surface area contributed by atoms with E-state index in [0.717, 1.165) is 39.9 Å². The van der Waals surface area contributed by atoms with Crippen molar-refractivity contribution in [1.82, 2.24) is 4.90 Å². The van der Waals surface area contributed by atoms with Crippen LogP contribution in [0.2, 0.25) is 0 Å². The Morgan fingerprint density at radius 3 is 2.87 bits per heavy atom. The lowest BCUT2D eigenvalue weighted by molar-refractivity contribution is -0.00343. The number of aliphatic hydroxyl groups is 1. The summed E-state index contributed by atoms with van der Waals surface area (Å²) in [6, 6.07) is 10.7. The van der Waals surface area contributed by atoms with Crippen molar-refractivity contribution in [1.29, 1.82) is 0 Å². The van der Waals surface area contributed by atoms with Gasteiger partial charge < -0.3 is 9.84 Å². The molecule has 0 radical (unpaired) electrons. The molecule has 0 aromatic heterocycles. The SMILES string of the molecule is O[C@H]1c2ccccc2OC[C@@H]1N1CCc2c(Br)ccc(F)c2C1. The molecular weight excluding hydrogens is 361 g/mol. The van der Waals surface area contributed by atoms with Crippen molar-refractivity contribution in [2.45, 2.75) is 25.1 Å². The number of halogens is 2. The van der Waals surface area contributed by atoms with Crippen LogP contribution in [-0.4, -0.2) is 29.2 Å². The van der Waals surface area contributed by atoms with Crippen LogP contribution in [0, 0.1) is 5.82 Å². The molecule has 2 atom stereocenters. The summed E-state index contributed by atoms with van der Waals surface area (Å²) in [6.45, 7) is 1.69. The van der Waals surface area contributed by atoms with Gasteiger partial charge in [0.1, 0.15) is 24.3 Å². The largest absolute Gasteiger partial charge is 0.491 e. The first-order chi connectivity index (χ1) is 11.1. The molecule has 0 spiro atoms. The first-order valence-electron chi connectivity index (χ1n) is 7.75. The number of para-hydroxylation sites is 1. The first kappa shape index (κ1) is 15.1. The second-order valence-corrected chi connectivity index (χ2v) is 6.92. The summed E-state index contributed by atoms with van der Waals surface area (Å²) in [7, 11) is 0. The minimum absolute atomic E-state index is 0.156. The maximum absolute atomic E-state index is 14.2. The molecule has 0 fully saturated rings. The van der Waals surface area contributed by atoms with Crippen LogP contribution in [-0.2, 0) is 13.0 Å². The second kappa shape index (κ2) is 5.89. The minimum Gasteiger partial charge on any atom is -0.491 e. The molecule has 2 aromatic rings. The van der Waals surface area contributed by atoms with Gasteiger partial charge in [0.15, 0.2) is 0 Å². The van der Waals surface area contributed by atoms with Crippen LogP contribution in [0.3, 0.4) is 0 Å². The second-order valence-electron chi connectivity index (χ2n) is 6.07. The Labute approximate surface area is 142 Å². The van der Waals surface area contributed by atoms with Gasteiger partial charge in [-0.25, -0.2) is 4.39 Å². The van der Waals surface area contributed by atoms with Crippen LogP contribution in [0.1, 0.15) is 22.8 Å². The number of hydrogen-bond donors (Lipinski definition) is 1. The first-order valence-corrected chi connectivity index (χ1v) is 8.54. The summed E-state index contributed by atoms with van der Waals surface area (Å²) in [5, 5.41) is 10.7. The van der Waals surface area contributed by atoms with Gasteiger partial charge in [-0.05, 0) is 30.2 Å². The highest BCUT2D eigenvalue weighted by atomic mass is 79.9. The Morgan fingerprint density at radius 2 is 2.00 bits per heavy atom. The number of benzene rings is 2. The van der Waals surface area contributed by atoms with Crippen LogP contribution in [0.15, 0.2) is 40.9 Å². The maximum atomic E-state index is 14.2. The van der Waals surface area contributed by atoms with Crippen LogP contribution in [0.4, 0.5) is 4.39 Å². The van der Waals surface area contributed by atoms with Crippen molar-refractivity contribution in [3.8, 4) is 5.75 Å². The van der Waals surface area contributed by atoms with E-state index in [4.69, 9.17) is 4.74 Å². The van der Waals surface area contributed by atoms with Gasteiger partial charge in [-0.3, -0.25) is 4.90 Å². The average Bonchev–Trinajstić information content (AvgIpc) is 2.59. The van der Waals surface area contributed by atoms with Gasteiger partial charge in [-0.1, -0.05) is 34.1 Å². The van der Waals surface area contributed by atoms with E-state index in [1.54, 1.807) is 6.07 Å². The lowest BCUT2D eigenvalue weighted by Gasteiger charge is -2.40. The van der Waals surface area contributed by atoms with Crippen molar-refractivity contribution in [3.63, 3.8) is 0 Å². The van der Waals surface area contributed by atoms with Gasteiger partial charge in [0.25, 0.3) is 0 Å². The van der Waals surface area contributed by atoms with Crippen molar-refractivity contribution in [2.75, 3.05) is 13.2 Å². The third-order valence-corrected chi connectivity index (χ3v) is 5.55. The molecule has 0 saturated heterocycles. The van der Waals surface area contributed by atoms with Crippen LogP contribution >= 0.6 is 15.9 Å². The zero-order chi connectivity index (χ0) is 16.0. The smallest absolute Gasteiger partial charge is 0.128 e. The summed E-state index contributed by atoms with van der Waals surface area (Å²) in [5.41, 5.74) is 2.56. The molecule has 2 heterocycles. The highest BCUT2D eigenvalue weighted by Gasteiger charge is 2.35. The molecule has 2 aromatic carbocycles. The zero-order valence-corrected chi connectivity index (χ0v) is 14.1. The summed E-state index contributed by atoms with van der Waals surface area (Å²) in [4.78, 5) is 2.12. The van der Waals surface area contributed by atoms with Gasteiger partial charge >= 0.3 is 0 Å². The Hall–Kier alpha value is -1.43. The fourth-order valence-corrected chi connectivity index (χ4v) is 4.10. The molecular formula is C18H17BrFNO2. The van der Waals surface area contributed by atoms with Crippen LogP contribution in [0.5, 0.6) is 5.75 Å². The Kier molecular flexibility index (Phi) is 3.87. The monoisotopic (exact) mass is 377 g/mol. The number of hydrogen-bond acceptors (Lipinski definition) is 3. The predicted octanol–water partition coefficient (Wildman–Crippen LogP) is 3.44. The summed E-state index contributed by atoms with van der Waals surface area (Å²) >= 11 is 3.51. The van der Waals surface area contributed by atoms with Gasteiger partial charge in [0.2, 0.25) is 0 Å². The molecule has 5 heteroatoms. The molecule has 0 aliphatic carbocycles. The topological polar surface area (TPSA) is 32.7 Å². The number of ether oxygens (including phenoxy) is 1. The predicted molar refractivity (Wildman–Crippen MR) is 88.9 cm³/mol. The third kappa shape index (κ3) is 2.57. The van der Waals surface area contributed by atoms with Gasteiger partial charge in [-0.2, -0.15) is 0 Å². The molecule has 0 amide bonds.